The van der Waals surface area contributed by atoms with Crippen molar-refractivity contribution in [2.45, 2.75) is 12.8 Å². The summed E-state index contributed by atoms with van der Waals surface area (Å²) < 4.78 is 31.6. The number of piperidine rings is 1. The zero-order valence-corrected chi connectivity index (χ0v) is 17.6. The molecule has 2 aromatic rings. The maximum Gasteiger partial charge on any atom is 0.260 e. The van der Waals surface area contributed by atoms with Crippen molar-refractivity contribution in [1.29, 1.82) is 0 Å². The normalized spacial score (nSPS) is 17.9. The van der Waals surface area contributed by atoms with Crippen LogP contribution in [0.5, 0.6) is 5.75 Å². The average Bonchev–Trinajstić information content (AvgIpc) is 2.65. The highest BCUT2D eigenvalue weighted by molar-refractivity contribution is 9.10. The van der Waals surface area contributed by atoms with Crippen LogP contribution in [-0.4, -0.2) is 51.7 Å². The molecule has 0 radical (unpaired) electrons. The number of ether oxygens (including phenoxy) is 1. The fourth-order valence-corrected chi connectivity index (χ4v) is 4.43. The first kappa shape index (κ1) is 20.1. The zero-order valence-electron chi connectivity index (χ0n) is 15.2. The molecule has 0 saturated carbocycles. The molecule has 0 aliphatic carbocycles. The number of carbonyl (C=O) groups excluding carboxylic acids is 1. The second-order valence-electron chi connectivity index (χ2n) is 6.86. The number of benzene rings is 2. The van der Waals surface area contributed by atoms with Gasteiger partial charge in [0, 0.05) is 19.6 Å². The first-order chi connectivity index (χ1) is 12.8. The molecule has 1 saturated heterocycles. The molecule has 6 nitrogen and oxygen atoms in total. The lowest BCUT2D eigenvalue weighted by Crippen LogP contribution is -2.45. The second-order valence-corrected chi connectivity index (χ2v) is 9.48. The Morgan fingerprint density at radius 3 is 2.85 bits per heavy atom. The lowest BCUT2D eigenvalue weighted by molar-refractivity contribution is -0.135. The number of likely N-dealkylation sites (tertiary alicyclic amines) is 1. The summed E-state index contributed by atoms with van der Waals surface area (Å²) in [5, 5.41) is 2.13. The van der Waals surface area contributed by atoms with E-state index in [1.165, 1.54) is 0 Å². The number of nitrogens with zero attached hydrogens (tertiary/aromatic N) is 1. The highest BCUT2D eigenvalue weighted by Crippen LogP contribution is 2.33. The van der Waals surface area contributed by atoms with E-state index in [-0.39, 0.29) is 18.4 Å². The Balaban J connectivity index is 1.58. The number of halogens is 1. The molecule has 1 aliphatic rings. The summed E-state index contributed by atoms with van der Waals surface area (Å²) >= 11 is 3.56. The molecule has 27 heavy (non-hydrogen) atoms. The third-order valence-corrected chi connectivity index (χ3v) is 6.19. The van der Waals surface area contributed by atoms with Gasteiger partial charge in [-0.15, -0.1) is 0 Å². The Kier molecular flexibility index (Phi) is 6.39. The maximum atomic E-state index is 12.5. The molecule has 1 atom stereocenters. The maximum absolute atomic E-state index is 12.5. The number of carbonyl (C=O) groups is 1. The van der Waals surface area contributed by atoms with Crippen LogP contribution in [0.25, 0.3) is 10.8 Å². The molecular weight excluding hydrogens is 432 g/mol. The molecule has 0 bridgehead atoms. The van der Waals surface area contributed by atoms with Gasteiger partial charge in [0.25, 0.3) is 5.91 Å². The van der Waals surface area contributed by atoms with Crippen LogP contribution in [0.2, 0.25) is 0 Å². The number of nitrogens with one attached hydrogen (secondary N) is 1. The SMILES string of the molecule is CS(=O)(=O)NCC1CCCN(C(=O)COc2ccc3ccccc3c2Br)C1. The Hall–Kier alpha value is -1.64. The number of hydrogen-bond donors (Lipinski definition) is 1. The van der Waals surface area contributed by atoms with Crippen LogP contribution in [-0.2, 0) is 14.8 Å². The lowest BCUT2D eigenvalue weighted by atomic mass is 9.98. The third kappa shape index (κ3) is 5.43. The van der Waals surface area contributed by atoms with Gasteiger partial charge in [-0.1, -0.05) is 30.3 Å². The molecular formula is C19H23BrN2O4S. The van der Waals surface area contributed by atoms with Gasteiger partial charge in [-0.3, -0.25) is 4.79 Å². The van der Waals surface area contributed by atoms with Crippen LogP contribution < -0.4 is 9.46 Å². The van der Waals surface area contributed by atoms with E-state index in [1.54, 1.807) is 4.90 Å². The topological polar surface area (TPSA) is 75.7 Å². The second kappa shape index (κ2) is 8.58. The minimum absolute atomic E-state index is 0.0385. The van der Waals surface area contributed by atoms with E-state index in [1.807, 2.05) is 36.4 Å². The average molecular weight is 455 g/mol. The molecule has 1 amide bonds. The minimum atomic E-state index is -3.21. The summed E-state index contributed by atoms with van der Waals surface area (Å²) in [4.78, 5) is 14.3. The predicted octanol–water partition coefficient (Wildman–Crippen LogP) is 2.77. The summed E-state index contributed by atoms with van der Waals surface area (Å²) in [5.41, 5.74) is 0. The van der Waals surface area contributed by atoms with Gasteiger partial charge in [-0.25, -0.2) is 13.1 Å². The largest absolute Gasteiger partial charge is 0.483 e. The summed E-state index contributed by atoms with van der Waals surface area (Å²) in [6, 6.07) is 11.8. The van der Waals surface area contributed by atoms with Crippen molar-refractivity contribution < 1.29 is 17.9 Å². The Bertz CT molecular complexity index is 932. The molecule has 0 spiro atoms. The Morgan fingerprint density at radius 1 is 1.30 bits per heavy atom. The van der Waals surface area contributed by atoms with Gasteiger partial charge >= 0.3 is 0 Å². The number of rotatable bonds is 6. The highest BCUT2D eigenvalue weighted by Gasteiger charge is 2.24. The number of sulfonamides is 1. The van der Waals surface area contributed by atoms with Gasteiger partial charge in [0.15, 0.2) is 6.61 Å². The molecule has 1 N–H and O–H groups in total. The van der Waals surface area contributed by atoms with Crippen molar-refractivity contribution in [3.63, 3.8) is 0 Å². The summed E-state index contributed by atoms with van der Waals surface area (Å²) in [7, 11) is -3.21. The van der Waals surface area contributed by atoms with E-state index < -0.39 is 10.0 Å². The van der Waals surface area contributed by atoms with Gasteiger partial charge in [0.1, 0.15) is 5.75 Å². The smallest absolute Gasteiger partial charge is 0.260 e. The van der Waals surface area contributed by atoms with Crippen molar-refractivity contribution in [3.8, 4) is 5.75 Å². The van der Waals surface area contributed by atoms with Crippen LogP contribution >= 0.6 is 15.9 Å². The van der Waals surface area contributed by atoms with E-state index in [4.69, 9.17) is 4.74 Å². The molecule has 8 heteroatoms. The standard InChI is InChI=1S/C19H23BrN2O4S/c1-27(24,25)21-11-14-5-4-10-22(12-14)18(23)13-26-17-9-8-15-6-2-3-7-16(15)19(17)20/h2-3,6-9,14,21H,4-5,10-13H2,1H3. The zero-order chi connectivity index (χ0) is 19.4. The van der Waals surface area contributed by atoms with Crippen molar-refractivity contribution in [2.24, 2.45) is 5.92 Å². The molecule has 3 rings (SSSR count). The van der Waals surface area contributed by atoms with Crippen molar-refractivity contribution >= 4 is 42.6 Å². The minimum Gasteiger partial charge on any atom is -0.483 e. The predicted molar refractivity (Wildman–Crippen MR) is 109 cm³/mol. The first-order valence-electron chi connectivity index (χ1n) is 8.86. The summed E-state index contributed by atoms with van der Waals surface area (Å²) in [6.45, 7) is 1.54. The van der Waals surface area contributed by atoms with Crippen LogP contribution in [0.15, 0.2) is 40.9 Å². The van der Waals surface area contributed by atoms with Gasteiger partial charge in [0.2, 0.25) is 10.0 Å². The highest BCUT2D eigenvalue weighted by atomic mass is 79.9. The van der Waals surface area contributed by atoms with Gasteiger partial charge in [-0.2, -0.15) is 0 Å². The molecule has 0 aromatic heterocycles. The number of fused-ring (bicyclic) bond motifs is 1. The number of amides is 1. The summed E-state index contributed by atoms with van der Waals surface area (Å²) in [6.07, 6.45) is 2.92. The fraction of sp³-hybridized carbons (Fsp3) is 0.421. The number of hydrogen-bond acceptors (Lipinski definition) is 4. The van der Waals surface area contributed by atoms with E-state index in [9.17, 15) is 13.2 Å². The van der Waals surface area contributed by atoms with Crippen molar-refractivity contribution in [1.82, 2.24) is 9.62 Å². The fourth-order valence-electron chi connectivity index (χ4n) is 3.28. The van der Waals surface area contributed by atoms with E-state index in [2.05, 4.69) is 20.7 Å². The van der Waals surface area contributed by atoms with E-state index in [0.717, 1.165) is 34.3 Å². The van der Waals surface area contributed by atoms with E-state index >= 15 is 0 Å². The van der Waals surface area contributed by atoms with Crippen LogP contribution in [0.3, 0.4) is 0 Å². The molecule has 2 aromatic carbocycles. The van der Waals surface area contributed by atoms with Crippen LogP contribution in [0, 0.1) is 5.92 Å². The van der Waals surface area contributed by atoms with Gasteiger partial charge < -0.3 is 9.64 Å². The van der Waals surface area contributed by atoms with Gasteiger partial charge in [-0.05, 0) is 51.5 Å². The lowest BCUT2D eigenvalue weighted by Gasteiger charge is -2.32. The first-order valence-corrected chi connectivity index (χ1v) is 11.5. The van der Waals surface area contributed by atoms with Crippen molar-refractivity contribution in [2.75, 3.05) is 32.5 Å². The van der Waals surface area contributed by atoms with Gasteiger partial charge in [0.05, 0.1) is 10.7 Å². The summed E-state index contributed by atoms with van der Waals surface area (Å²) in [5.74, 6) is 0.679. The van der Waals surface area contributed by atoms with Crippen LogP contribution in [0.4, 0.5) is 0 Å². The van der Waals surface area contributed by atoms with Crippen LogP contribution in [0.1, 0.15) is 12.8 Å². The monoisotopic (exact) mass is 454 g/mol. The molecule has 146 valence electrons. The molecule has 1 fully saturated rings. The molecule has 1 unspecified atom stereocenters. The third-order valence-electron chi connectivity index (χ3n) is 4.68. The molecule has 1 aliphatic heterocycles. The quantitative estimate of drug-likeness (QED) is 0.727. The molecule has 1 heterocycles. The Labute approximate surface area is 168 Å². The Morgan fingerprint density at radius 2 is 2.07 bits per heavy atom. The van der Waals surface area contributed by atoms with E-state index in [0.29, 0.717) is 25.4 Å². The van der Waals surface area contributed by atoms with Crippen molar-refractivity contribution in [3.05, 3.63) is 40.9 Å².